The van der Waals surface area contributed by atoms with Crippen LogP contribution >= 0.6 is 11.3 Å². The maximum Gasteiger partial charge on any atom is 0.270 e. The molecule has 0 aliphatic carbocycles. The first-order chi connectivity index (χ1) is 11.0. The van der Waals surface area contributed by atoms with Crippen molar-refractivity contribution in [2.24, 2.45) is 5.73 Å². The van der Waals surface area contributed by atoms with Crippen LogP contribution in [0.15, 0.2) is 29.6 Å². The number of benzene rings is 1. The van der Waals surface area contributed by atoms with Gasteiger partial charge in [0, 0.05) is 23.8 Å². The number of aromatic nitrogens is 1. The zero-order chi connectivity index (χ0) is 16.9. The standard InChI is InChI=1S/C17H23N3O2S/c1-17(2,12-4-6-13(22-3)7-5-12)11-19-16(21)14-10-23-15(20-14)8-9-18/h4-7,10H,8-9,11,18H2,1-3H3,(H,19,21). The average molecular weight is 333 g/mol. The lowest BCUT2D eigenvalue weighted by Crippen LogP contribution is -2.36. The van der Waals surface area contributed by atoms with Gasteiger partial charge >= 0.3 is 0 Å². The molecule has 2 aromatic rings. The van der Waals surface area contributed by atoms with E-state index in [1.54, 1.807) is 12.5 Å². The van der Waals surface area contributed by atoms with Crippen molar-refractivity contribution in [3.05, 3.63) is 45.9 Å². The lowest BCUT2D eigenvalue weighted by Gasteiger charge is -2.25. The van der Waals surface area contributed by atoms with Gasteiger partial charge < -0.3 is 15.8 Å². The van der Waals surface area contributed by atoms with Crippen molar-refractivity contribution in [1.29, 1.82) is 0 Å². The van der Waals surface area contributed by atoms with Gasteiger partial charge in [0.25, 0.3) is 5.91 Å². The Morgan fingerprint density at radius 2 is 2.04 bits per heavy atom. The second-order valence-corrected chi connectivity index (χ2v) is 6.90. The summed E-state index contributed by atoms with van der Waals surface area (Å²) in [5.74, 6) is 0.676. The minimum absolute atomic E-state index is 0.147. The van der Waals surface area contributed by atoms with Crippen LogP contribution in [-0.4, -0.2) is 31.1 Å². The van der Waals surface area contributed by atoms with Gasteiger partial charge in [0.2, 0.25) is 0 Å². The molecular formula is C17H23N3O2S. The number of thiazole rings is 1. The van der Waals surface area contributed by atoms with Gasteiger partial charge in [-0.25, -0.2) is 4.98 Å². The molecule has 124 valence electrons. The minimum Gasteiger partial charge on any atom is -0.497 e. The monoisotopic (exact) mass is 333 g/mol. The van der Waals surface area contributed by atoms with Gasteiger partial charge in [-0.3, -0.25) is 4.79 Å². The maximum absolute atomic E-state index is 12.2. The highest BCUT2D eigenvalue weighted by molar-refractivity contribution is 7.09. The highest BCUT2D eigenvalue weighted by Crippen LogP contribution is 2.24. The van der Waals surface area contributed by atoms with E-state index in [0.29, 0.717) is 25.2 Å². The quantitative estimate of drug-likeness (QED) is 0.815. The first-order valence-corrected chi connectivity index (χ1v) is 8.41. The van der Waals surface area contributed by atoms with Crippen molar-refractivity contribution in [3.63, 3.8) is 0 Å². The second-order valence-electron chi connectivity index (χ2n) is 5.96. The number of nitrogens with two attached hydrogens (primary N) is 1. The maximum atomic E-state index is 12.2. The van der Waals surface area contributed by atoms with Crippen LogP contribution in [0.5, 0.6) is 5.75 Å². The molecule has 0 atom stereocenters. The molecule has 6 heteroatoms. The van der Waals surface area contributed by atoms with E-state index in [0.717, 1.165) is 16.3 Å². The van der Waals surface area contributed by atoms with Crippen LogP contribution in [0.25, 0.3) is 0 Å². The van der Waals surface area contributed by atoms with E-state index < -0.39 is 0 Å². The summed E-state index contributed by atoms with van der Waals surface area (Å²) in [6.45, 7) is 5.26. The van der Waals surface area contributed by atoms with Crippen LogP contribution in [0, 0.1) is 0 Å². The average Bonchev–Trinajstić information content (AvgIpc) is 3.02. The molecule has 5 nitrogen and oxygen atoms in total. The fraction of sp³-hybridized carbons (Fsp3) is 0.412. The normalized spacial score (nSPS) is 11.3. The van der Waals surface area contributed by atoms with Crippen LogP contribution in [-0.2, 0) is 11.8 Å². The lowest BCUT2D eigenvalue weighted by molar-refractivity contribution is 0.0941. The number of rotatable bonds is 7. The third-order valence-corrected chi connectivity index (χ3v) is 4.61. The van der Waals surface area contributed by atoms with Crippen LogP contribution in [0.4, 0.5) is 0 Å². The van der Waals surface area contributed by atoms with Crippen molar-refractivity contribution < 1.29 is 9.53 Å². The third kappa shape index (κ3) is 4.53. The number of carbonyl (C=O) groups is 1. The molecule has 0 saturated heterocycles. The van der Waals surface area contributed by atoms with Crippen LogP contribution < -0.4 is 15.8 Å². The molecule has 0 aliphatic rings. The van der Waals surface area contributed by atoms with Gasteiger partial charge in [0.15, 0.2) is 0 Å². The van der Waals surface area contributed by atoms with Gasteiger partial charge in [-0.15, -0.1) is 11.3 Å². The number of methoxy groups -OCH3 is 1. The van der Waals surface area contributed by atoms with Gasteiger partial charge in [-0.1, -0.05) is 26.0 Å². The number of hydrogen-bond acceptors (Lipinski definition) is 5. The lowest BCUT2D eigenvalue weighted by atomic mass is 9.84. The summed E-state index contributed by atoms with van der Waals surface area (Å²) in [5.41, 5.74) is 6.92. The highest BCUT2D eigenvalue weighted by Gasteiger charge is 2.22. The molecule has 1 heterocycles. The number of carbonyl (C=O) groups excluding carboxylic acids is 1. The van der Waals surface area contributed by atoms with E-state index >= 15 is 0 Å². The van der Waals surface area contributed by atoms with Gasteiger partial charge in [0.05, 0.1) is 12.1 Å². The Kier molecular flexibility index (Phi) is 5.74. The van der Waals surface area contributed by atoms with E-state index in [9.17, 15) is 4.79 Å². The fourth-order valence-corrected chi connectivity index (χ4v) is 2.98. The Hall–Kier alpha value is -1.92. The third-order valence-electron chi connectivity index (χ3n) is 3.70. The fourth-order valence-electron chi connectivity index (χ4n) is 2.19. The predicted octanol–water partition coefficient (Wildman–Crippen LogP) is 2.36. The Balaban J connectivity index is 1.98. The van der Waals surface area contributed by atoms with E-state index in [2.05, 4.69) is 24.1 Å². The summed E-state index contributed by atoms with van der Waals surface area (Å²) in [6.07, 6.45) is 0.704. The van der Waals surface area contributed by atoms with Crippen molar-refractivity contribution in [3.8, 4) is 5.75 Å². The van der Waals surface area contributed by atoms with E-state index in [1.165, 1.54) is 11.3 Å². The smallest absolute Gasteiger partial charge is 0.270 e. The number of ether oxygens (including phenoxy) is 1. The van der Waals surface area contributed by atoms with Crippen LogP contribution in [0.3, 0.4) is 0 Å². The Morgan fingerprint density at radius 3 is 2.65 bits per heavy atom. The molecule has 0 bridgehead atoms. The Bertz CT molecular complexity index is 650. The summed E-state index contributed by atoms with van der Waals surface area (Å²) in [5, 5.41) is 5.64. The SMILES string of the molecule is COc1ccc(C(C)(C)CNC(=O)c2csc(CCN)n2)cc1. The molecule has 1 aromatic heterocycles. The summed E-state index contributed by atoms with van der Waals surface area (Å²) < 4.78 is 5.17. The topological polar surface area (TPSA) is 77.2 Å². The second kappa shape index (κ2) is 7.57. The van der Waals surface area contributed by atoms with Crippen molar-refractivity contribution in [1.82, 2.24) is 10.3 Å². The van der Waals surface area contributed by atoms with Crippen molar-refractivity contribution in [2.75, 3.05) is 20.2 Å². The molecule has 0 spiro atoms. The van der Waals surface area contributed by atoms with Crippen molar-refractivity contribution in [2.45, 2.75) is 25.7 Å². The zero-order valence-electron chi connectivity index (χ0n) is 13.8. The molecule has 3 N–H and O–H groups in total. The number of nitrogens with zero attached hydrogens (tertiary/aromatic N) is 1. The summed E-state index contributed by atoms with van der Waals surface area (Å²) in [6, 6.07) is 7.90. The molecule has 23 heavy (non-hydrogen) atoms. The molecule has 0 unspecified atom stereocenters. The number of hydrogen-bond donors (Lipinski definition) is 2. The molecule has 0 aliphatic heterocycles. The summed E-state index contributed by atoms with van der Waals surface area (Å²) in [7, 11) is 1.65. The van der Waals surface area contributed by atoms with Gasteiger partial charge in [-0.2, -0.15) is 0 Å². The van der Waals surface area contributed by atoms with Crippen LogP contribution in [0.2, 0.25) is 0 Å². The Morgan fingerprint density at radius 1 is 1.35 bits per heavy atom. The summed E-state index contributed by atoms with van der Waals surface area (Å²) >= 11 is 1.47. The largest absolute Gasteiger partial charge is 0.497 e. The molecule has 0 saturated carbocycles. The molecule has 0 radical (unpaired) electrons. The molecule has 0 fully saturated rings. The summed E-state index contributed by atoms with van der Waals surface area (Å²) in [4.78, 5) is 16.5. The van der Waals surface area contributed by atoms with E-state index in [4.69, 9.17) is 10.5 Å². The minimum atomic E-state index is -0.182. The van der Waals surface area contributed by atoms with Crippen molar-refractivity contribution >= 4 is 17.2 Å². The van der Waals surface area contributed by atoms with Gasteiger partial charge in [0.1, 0.15) is 11.4 Å². The first-order valence-electron chi connectivity index (χ1n) is 7.53. The van der Waals surface area contributed by atoms with Gasteiger partial charge in [-0.05, 0) is 24.2 Å². The Labute approximate surface area is 140 Å². The molecule has 1 amide bonds. The number of amides is 1. The predicted molar refractivity (Wildman–Crippen MR) is 93.2 cm³/mol. The number of nitrogens with one attached hydrogen (secondary N) is 1. The molecular weight excluding hydrogens is 310 g/mol. The zero-order valence-corrected chi connectivity index (χ0v) is 14.6. The molecule has 1 aromatic carbocycles. The molecule has 2 rings (SSSR count). The van der Waals surface area contributed by atoms with E-state index in [1.807, 2.05) is 24.3 Å². The van der Waals surface area contributed by atoms with Crippen LogP contribution in [0.1, 0.15) is 34.9 Å². The highest BCUT2D eigenvalue weighted by atomic mass is 32.1. The van der Waals surface area contributed by atoms with E-state index in [-0.39, 0.29) is 11.3 Å². The first kappa shape index (κ1) is 17.4.